The van der Waals surface area contributed by atoms with Crippen LogP contribution in [0.4, 0.5) is 17.2 Å². The Bertz CT molecular complexity index is 2900. The van der Waals surface area contributed by atoms with E-state index in [1.54, 1.807) is 0 Å². The highest BCUT2D eigenvalue weighted by molar-refractivity contribution is 6.36. The predicted molar refractivity (Wildman–Crippen MR) is 225 cm³/mol. The molecule has 0 radical (unpaired) electrons. The minimum Gasteiger partial charge on any atom is -0.295 e. The molecule has 0 atom stereocenters. The zero-order valence-electron chi connectivity index (χ0n) is 29.0. The maximum atomic E-state index is 5.58. The number of anilines is 3. The largest absolute Gasteiger partial charge is 0.295 e. The molecular weight excluding hydrogens is 641 g/mol. The Morgan fingerprint density at radius 3 is 1.32 bits per heavy atom. The van der Waals surface area contributed by atoms with Gasteiger partial charge in [0, 0.05) is 22.3 Å². The molecule has 1 heterocycles. The van der Waals surface area contributed by atoms with Crippen molar-refractivity contribution in [2.45, 2.75) is 0 Å². The molecule has 53 heavy (non-hydrogen) atoms. The number of nitrogens with zero attached hydrogens (tertiary/aromatic N) is 2. The fourth-order valence-electron chi connectivity index (χ4n) is 8.22. The Balaban J connectivity index is 1.37. The highest BCUT2D eigenvalue weighted by atomic mass is 15.2. The molecule has 0 bridgehead atoms. The van der Waals surface area contributed by atoms with E-state index >= 15 is 0 Å². The van der Waals surface area contributed by atoms with Crippen molar-refractivity contribution in [3.8, 4) is 33.5 Å². The van der Waals surface area contributed by atoms with E-state index in [2.05, 4.69) is 211 Å². The normalized spacial score (nSPS) is 11.4. The molecule has 0 saturated heterocycles. The summed E-state index contributed by atoms with van der Waals surface area (Å²) in [6.45, 7) is 0. The smallest absolute Gasteiger partial charge is 0.138 e. The summed E-state index contributed by atoms with van der Waals surface area (Å²) in [6, 6.07) is 73.8. The van der Waals surface area contributed by atoms with Crippen molar-refractivity contribution in [1.82, 2.24) is 4.98 Å². The quantitative estimate of drug-likeness (QED) is 0.129. The van der Waals surface area contributed by atoms with E-state index < -0.39 is 0 Å². The van der Waals surface area contributed by atoms with Crippen LogP contribution in [0.25, 0.3) is 76.6 Å². The summed E-state index contributed by atoms with van der Waals surface area (Å²) < 4.78 is 0. The van der Waals surface area contributed by atoms with Crippen molar-refractivity contribution >= 4 is 60.3 Å². The topological polar surface area (TPSA) is 16.1 Å². The van der Waals surface area contributed by atoms with Crippen molar-refractivity contribution < 1.29 is 0 Å². The van der Waals surface area contributed by atoms with Gasteiger partial charge in [0.05, 0.1) is 5.69 Å². The molecular formula is C51H34N2. The van der Waals surface area contributed by atoms with Crippen LogP contribution in [-0.4, -0.2) is 4.98 Å². The first-order valence-electron chi connectivity index (χ1n) is 18.2. The number of hydrogen-bond donors (Lipinski definition) is 0. The van der Waals surface area contributed by atoms with E-state index in [4.69, 9.17) is 4.98 Å². The second kappa shape index (κ2) is 12.9. The first-order chi connectivity index (χ1) is 26.3. The molecule has 0 aliphatic rings. The van der Waals surface area contributed by atoms with Crippen LogP contribution in [0.3, 0.4) is 0 Å². The summed E-state index contributed by atoms with van der Waals surface area (Å²) >= 11 is 0. The van der Waals surface area contributed by atoms with Gasteiger partial charge in [-0.05, 0) is 96.4 Å². The first-order valence-corrected chi connectivity index (χ1v) is 18.2. The lowest BCUT2D eigenvalue weighted by molar-refractivity contribution is 1.18. The van der Waals surface area contributed by atoms with Gasteiger partial charge in [-0.25, -0.2) is 4.98 Å². The molecule has 0 aliphatic heterocycles. The fraction of sp³-hybridized carbons (Fsp3) is 0. The Morgan fingerprint density at radius 1 is 0.302 bits per heavy atom. The molecule has 0 saturated carbocycles. The molecule has 0 spiro atoms. The summed E-state index contributed by atoms with van der Waals surface area (Å²) in [5, 5.41) is 9.77. The lowest BCUT2D eigenvalue weighted by Gasteiger charge is -2.25. The monoisotopic (exact) mass is 674 g/mol. The number of rotatable bonds is 6. The molecule has 0 fully saturated rings. The molecule has 2 nitrogen and oxygen atoms in total. The van der Waals surface area contributed by atoms with Crippen LogP contribution in [-0.2, 0) is 0 Å². The Labute approximate surface area is 308 Å². The Kier molecular flexibility index (Phi) is 7.51. The van der Waals surface area contributed by atoms with Crippen molar-refractivity contribution in [3.05, 3.63) is 206 Å². The van der Waals surface area contributed by atoms with Gasteiger partial charge in [-0.1, -0.05) is 170 Å². The van der Waals surface area contributed by atoms with Gasteiger partial charge in [0.1, 0.15) is 5.82 Å². The third-order valence-electron chi connectivity index (χ3n) is 10.4. The van der Waals surface area contributed by atoms with Gasteiger partial charge in [0.15, 0.2) is 0 Å². The van der Waals surface area contributed by atoms with Gasteiger partial charge in [-0.15, -0.1) is 0 Å². The van der Waals surface area contributed by atoms with Crippen molar-refractivity contribution in [2.75, 3.05) is 4.90 Å². The van der Waals surface area contributed by atoms with Crippen LogP contribution >= 0.6 is 0 Å². The van der Waals surface area contributed by atoms with E-state index in [-0.39, 0.29) is 0 Å². The van der Waals surface area contributed by atoms with E-state index in [1.165, 1.54) is 65.3 Å². The summed E-state index contributed by atoms with van der Waals surface area (Å²) in [6.07, 6.45) is 0. The summed E-state index contributed by atoms with van der Waals surface area (Å²) in [5.74, 6) is 0.862. The van der Waals surface area contributed by atoms with Gasteiger partial charge in [-0.3, -0.25) is 4.90 Å². The van der Waals surface area contributed by atoms with Crippen LogP contribution < -0.4 is 4.90 Å². The number of pyridine rings is 1. The lowest BCUT2D eigenvalue weighted by atomic mass is 9.81. The highest BCUT2D eigenvalue weighted by Gasteiger charge is 2.24. The number of hydrogen-bond acceptors (Lipinski definition) is 2. The molecule has 10 rings (SSSR count). The molecule has 2 heteroatoms. The molecule has 0 N–H and O–H groups in total. The average Bonchev–Trinajstić information content (AvgIpc) is 3.24. The summed E-state index contributed by atoms with van der Waals surface area (Å²) in [7, 11) is 0. The second-order valence-electron chi connectivity index (χ2n) is 13.4. The van der Waals surface area contributed by atoms with Crippen molar-refractivity contribution in [3.63, 3.8) is 0 Å². The van der Waals surface area contributed by atoms with Crippen LogP contribution in [0.15, 0.2) is 206 Å². The number of benzene rings is 9. The Morgan fingerprint density at radius 2 is 0.736 bits per heavy atom. The fourth-order valence-corrected chi connectivity index (χ4v) is 8.22. The summed E-state index contributed by atoms with van der Waals surface area (Å²) in [4.78, 5) is 7.82. The molecule has 248 valence electrons. The molecule has 0 amide bonds. The zero-order valence-corrected chi connectivity index (χ0v) is 29.0. The van der Waals surface area contributed by atoms with Crippen LogP contribution in [0.5, 0.6) is 0 Å². The van der Waals surface area contributed by atoms with Gasteiger partial charge in [0.2, 0.25) is 0 Å². The number of fused-ring (bicyclic) bond motifs is 7. The average molecular weight is 675 g/mol. The number of aromatic nitrogens is 1. The second-order valence-corrected chi connectivity index (χ2v) is 13.4. The molecule has 9 aromatic carbocycles. The van der Waals surface area contributed by atoms with E-state index in [0.717, 1.165) is 28.5 Å². The lowest BCUT2D eigenvalue weighted by Crippen LogP contribution is -2.11. The van der Waals surface area contributed by atoms with E-state index in [1.807, 2.05) is 0 Å². The van der Waals surface area contributed by atoms with Crippen LogP contribution in [0, 0.1) is 0 Å². The minimum absolute atomic E-state index is 0.862. The molecule has 0 unspecified atom stereocenters. The predicted octanol–water partition coefficient (Wildman–Crippen LogP) is 14.2. The molecule has 1 aromatic heterocycles. The van der Waals surface area contributed by atoms with Gasteiger partial charge in [-0.2, -0.15) is 0 Å². The van der Waals surface area contributed by atoms with Crippen LogP contribution in [0.2, 0.25) is 0 Å². The van der Waals surface area contributed by atoms with Gasteiger partial charge < -0.3 is 0 Å². The third-order valence-corrected chi connectivity index (χ3v) is 10.4. The Hall–Kier alpha value is -7.03. The van der Waals surface area contributed by atoms with Gasteiger partial charge in [0.25, 0.3) is 0 Å². The minimum atomic E-state index is 0.862. The molecule has 10 aromatic rings. The van der Waals surface area contributed by atoms with Crippen molar-refractivity contribution in [1.29, 1.82) is 0 Å². The molecule has 0 aliphatic carbocycles. The maximum Gasteiger partial charge on any atom is 0.138 e. The standard InChI is InChI=1S/C51H34N2/c1-4-19-35(20-5-1)38-25-10-13-28-41(38)48-44-31-16-17-32-45(44)49(51-43-30-15-12-27-40(43)39-26-11-14-29-42(39)50(48)51)46-33-18-34-47(52-46)53(36-21-6-2-7-22-36)37-23-8-3-9-24-37/h1-34H. The van der Waals surface area contributed by atoms with Crippen molar-refractivity contribution in [2.24, 2.45) is 0 Å². The summed E-state index contributed by atoms with van der Waals surface area (Å²) in [5.41, 5.74) is 9.06. The zero-order chi connectivity index (χ0) is 35.1. The SMILES string of the molecule is c1ccc(-c2ccccc2-c2c3ccccc3c(-c3cccc(N(c4ccccc4)c4ccccc4)n3)c3c4ccccc4c4ccccc4c23)cc1. The number of para-hydroxylation sites is 2. The first kappa shape index (κ1) is 30.8. The van der Waals surface area contributed by atoms with E-state index in [0.29, 0.717) is 0 Å². The third kappa shape index (κ3) is 5.15. The van der Waals surface area contributed by atoms with Gasteiger partial charge >= 0.3 is 0 Å². The van der Waals surface area contributed by atoms with E-state index in [9.17, 15) is 0 Å². The van der Waals surface area contributed by atoms with Crippen LogP contribution in [0.1, 0.15) is 0 Å². The maximum absolute atomic E-state index is 5.58. The highest BCUT2D eigenvalue weighted by Crippen LogP contribution is 2.51.